The van der Waals surface area contributed by atoms with Crippen molar-refractivity contribution in [3.05, 3.63) is 45.4 Å². The molecule has 3 rings (SSSR count). The minimum Gasteiger partial charge on any atom is -0.468 e. The topological polar surface area (TPSA) is 74.8 Å². The smallest absolute Gasteiger partial charge is 0.327 e. The Hall–Kier alpha value is -2.00. The summed E-state index contributed by atoms with van der Waals surface area (Å²) in [6.45, 7) is 8.37. The van der Waals surface area contributed by atoms with Crippen molar-refractivity contribution >= 4 is 39.9 Å². The van der Waals surface area contributed by atoms with Crippen LogP contribution in [0.5, 0.6) is 0 Å². The van der Waals surface area contributed by atoms with E-state index in [4.69, 9.17) is 16.3 Å². The molecule has 1 saturated heterocycles. The van der Waals surface area contributed by atoms with Crippen LogP contribution in [0.25, 0.3) is 0 Å². The summed E-state index contributed by atoms with van der Waals surface area (Å²) in [7, 11) is 1.39. The van der Waals surface area contributed by atoms with Crippen LogP contribution in [0.4, 0.5) is 5.13 Å². The predicted molar refractivity (Wildman–Crippen MR) is 119 cm³/mol. The van der Waals surface area contributed by atoms with Crippen molar-refractivity contribution in [3.63, 3.8) is 0 Å². The van der Waals surface area contributed by atoms with Gasteiger partial charge in [-0.25, -0.2) is 9.78 Å². The molecule has 0 saturated carbocycles. The molecule has 0 bridgehead atoms. The van der Waals surface area contributed by atoms with Crippen LogP contribution in [0.15, 0.2) is 24.3 Å². The normalized spacial score (nSPS) is 17.4. The maximum absolute atomic E-state index is 12.7. The van der Waals surface area contributed by atoms with Gasteiger partial charge in [0, 0.05) is 36.1 Å². The van der Waals surface area contributed by atoms with E-state index in [2.05, 4.69) is 20.1 Å². The first-order valence-corrected chi connectivity index (χ1v) is 11.1. The number of nitrogens with one attached hydrogen (secondary N) is 1. The number of benzene rings is 1. The number of esters is 1. The Morgan fingerprint density at radius 2 is 1.80 bits per heavy atom. The number of rotatable bonds is 6. The molecule has 1 aliphatic rings. The molecule has 7 nitrogen and oxygen atoms in total. The van der Waals surface area contributed by atoms with E-state index in [1.165, 1.54) is 18.4 Å². The maximum Gasteiger partial charge on any atom is 0.327 e. The van der Waals surface area contributed by atoms with E-state index in [9.17, 15) is 9.59 Å². The van der Waals surface area contributed by atoms with Gasteiger partial charge >= 0.3 is 5.97 Å². The van der Waals surface area contributed by atoms with Gasteiger partial charge in [0.2, 0.25) is 5.91 Å². The van der Waals surface area contributed by atoms with Gasteiger partial charge < -0.3 is 10.1 Å². The summed E-state index contributed by atoms with van der Waals surface area (Å²) >= 11 is 7.83. The molecule has 0 spiro atoms. The Labute approximate surface area is 186 Å². The highest BCUT2D eigenvalue weighted by molar-refractivity contribution is 7.15. The van der Waals surface area contributed by atoms with Crippen molar-refractivity contribution in [1.82, 2.24) is 14.8 Å². The van der Waals surface area contributed by atoms with Crippen LogP contribution in [-0.4, -0.2) is 66.0 Å². The lowest BCUT2D eigenvalue weighted by Gasteiger charge is -2.40. The zero-order valence-electron chi connectivity index (χ0n) is 17.6. The maximum atomic E-state index is 12.7. The van der Waals surface area contributed by atoms with Crippen LogP contribution in [-0.2, 0) is 14.3 Å². The lowest BCUT2D eigenvalue weighted by atomic mass is 10.0. The van der Waals surface area contributed by atoms with Gasteiger partial charge in [0.25, 0.3) is 0 Å². The molecule has 1 fully saturated rings. The average Bonchev–Trinajstić information content (AvgIpc) is 3.06. The van der Waals surface area contributed by atoms with Gasteiger partial charge in [-0.05, 0) is 32.4 Å². The summed E-state index contributed by atoms with van der Waals surface area (Å²) in [4.78, 5) is 34.8. The zero-order chi connectivity index (χ0) is 21.8. The van der Waals surface area contributed by atoms with Crippen LogP contribution in [0.1, 0.15) is 29.1 Å². The van der Waals surface area contributed by atoms with Crippen LogP contribution >= 0.6 is 22.9 Å². The lowest BCUT2D eigenvalue weighted by molar-refractivity contribution is -0.148. The Morgan fingerprint density at radius 3 is 2.37 bits per heavy atom. The van der Waals surface area contributed by atoms with Gasteiger partial charge in [0.1, 0.15) is 6.04 Å². The van der Waals surface area contributed by atoms with Crippen LogP contribution in [0.2, 0.25) is 5.02 Å². The van der Waals surface area contributed by atoms with E-state index < -0.39 is 6.04 Å². The number of amides is 1. The molecule has 0 radical (unpaired) electrons. The highest BCUT2D eigenvalue weighted by Gasteiger charge is 2.34. The van der Waals surface area contributed by atoms with Gasteiger partial charge in [0.15, 0.2) is 5.13 Å². The molecule has 2 aromatic rings. The number of hydrogen-bond donors (Lipinski definition) is 1. The number of hydrogen-bond acceptors (Lipinski definition) is 7. The molecule has 9 heteroatoms. The molecule has 1 amide bonds. The second kappa shape index (κ2) is 9.87. The fraction of sp³-hybridized carbons (Fsp3) is 0.476. The molecule has 162 valence electrons. The highest BCUT2D eigenvalue weighted by atomic mass is 35.5. The summed E-state index contributed by atoms with van der Waals surface area (Å²) in [5.74, 6) is -0.412. The Bertz CT molecular complexity index is 892. The van der Waals surface area contributed by atoms with Crippen molar-refractivity contribution in [1.29, 1.82) is 0 Å². The summed E-state index contributed by atoms with van der Waals surface area (Å²) in [5.41, 5.74) is 1.67. The molecular formula is C21H27ClN4O3S. The third kappa shape index (κ3) is 5.00. The van der Waals surface area contributed by atoms with Gasteiger partial charge in [0.05, 0.1) is 18.8 Å². The second-order valence-corrected chi connectivity index (χ2v) is 8.96. The van der Waals surface area contributed by atoms with Gasteiger partial charge in [-0.15, -0.1) is 11.3 Å². The third-order valence-electron chi connectivity index (χ3n) is 5.52. The van der Waals surface area contributed by atoms with E-state index in [0.717, 1.165) is 16.1 Å². The number of aromatic nitrogens is 1. The number of aryl methyl sites for hydroxylation is 2. The van der Waals surface area contributed by atoms with Crippen LogP contribution < -0.4 is 5.32 Å². The molecule has 1 N–H and O–H groups in total. The molecule has 1 aliphatic heterocycles. The number of anilines is 1. The van der Waals surface area contributed by atoms with E-state index in [1.807, 2.05) is 39.0 Å². The SMILES string of the molecule is COC(=O)C(c1ccccc1Cl)N1CCN(C(C)C(=O)Nc2nc(C)c(C)s2)CC1. The first-order valence-electron chi connectivity index (χ1n) is 9.87. The average molecular weight is 451 g/mol. The number of piperazine rings is 1. The standard InChI is InChI=1S/C21H27ClN4O3S/c1-13-15(3)30-21(23-13)24-19(27)14(2)25-9-11-26(12-10-25)18(20(28)29-4)16-7-5-6-8-17(16)22/h5-8,14,18H,9-12H2,1-4H3,(H,23,24,27). The van der Waals surface area contributed by atoms with Crippen molar-refractivity contribution in [2.45, 2.75) is 32.9 Å². The van der Waals surface area contributed by atoms with Crippen molar-refractivity contribution < 1.29 is 14.3 Å². The number of ether oxygens (including phenoxy) is 1. The number of methoxy groups -OCH3 is 1. The van der Waals surface area contributed by atoms with E-state index >= 15 is 0 Å². The predicted octanol–water partition coefficient (Wildman–Crippen LogP) is 3.27. The van der Waals surface area contributed by atoms with Gasteiger partial charge in [-0.3, -0.25) is 14.6 Å². The minimum atomic E-state index is -0.559. The van der Waals surface area contributed by atoms with Crippen molar-refractivity contribution in [2.75, 3.05) is 38.6 Å². The van der Waals surface area contributed by atoms with E-state index in [0.29, 0.717) is 36.3 Å². The minimum absolute atomic E-state index is 0.0761. The fourth-order valence-corrected chi connectivity index (χ4v) is 4.62. The summed E-state index contributed by atoms with van der Waals surface area (Å²) in [5, 5.41) is 4.09. The van der Waals surface area contributed by atoms with Crippen LogP contribution in [0, 0.1) is 13.8 Å². The first-order chi connectivity index (χ1) is 14.3. The zero-order valence-corrected chi connectivity index (χ0v) is 19.2. The molecule has 2 unspecified atom stereocenters. The molecule has 2 heterocycles. The molecular weight excluding hydrogens is 424 g/mol. The molecule has 30 heavy (non-hydrogen) atoms. The van der Waals surface area contributed by atoms with E-state index in [1.54, 1.807) is 6.07 Å². The lowest BCUT2D eigenvalue weighted by Crippen LogP contribution is -2.54. The molecule has 0 aliphatic carbocycles. The Balaban J connectivity index is 1.64. The number of nitrogens with zero attached hydrogens (tertiary/aromatic N) is 3. The Morgan fingerprint density at radius 1 is 1.17 bits per heavy atom. The highest BCUT2D eigenvalue weighted by Crippen LogP contribution is 2.30. The largest absolute Gasteiger partial charge is 0.468 e. The van der Waals surface area contributed by atoms with E-state index in [-0.39, 0.29) is 17.9 Å². The monoisotopic (exact) mass is 450 g/mol. The number of halogens is 1. The van der Waals surface area contributed by atoms with Crippen molar-refractivity contribution in [3.8, 4) is 0 Å². The Kier molecular flexibility index (Phi) is 7.46. The number of carbonyl (C=O) groups excluding carboxylic acids is 2. The fourth-order valence-electron chi connectivity index (χ4n) is 3.57. The number of thiazole rings is 1. The van der Waals surface area contributed by atoms with Gasteiger partial charge in [-0.1, -0.05) is 29.8 Å². The summed E-state index contributed by atoms with van der Waals surface area (Å²) in [6.07, 6.45) is 0. The third-order valence-corrected chi connectivity index (χ3v) is 6.86. The van der Waals surface area contributed by atoms with Gasteiger partial charge in [-0.2, -0.15) is 0 Å². The molecule has 2 atom stereocenters. The van der Waals surface area contributed by atoms with Crippen molar-refractivity contribution in [2.24, 2.45) is 0 Å². The number of carbonyl (C=O) groups is 2. The van der Waals surface area contributed by atoms with Crippen LogP contribution in [0.3, 0.4) is 0 Å². The second-order valence-electron chi connectivity index (χ2n) is 7.34. The first kappa shape index (κ1) is 22.7. The quantitative estimate of drug-likeness (QED) is 0.681. The molecule has 1 aromatic heterocycles. The summed E-state index contributed by atoms with van der Waals surface area (Å²) < 4.78 is 5.04. The molecule has 1 aromatic carbocycles. The summed E-state index contributed by atoms with van der Waals surface area (Å²) in [6, 6.07) is 6.47.